The molecule has 0 radical (unpaired) electrons. The number of ether oxygens (including phenoxy) is 5. The highest BCUT2D eigenvalue weighted by atomic mass is 35.5. The van der Waals surface area contributed by atoms with Crippen molar-refractivity contribution in [2.24, 2.45) is 0 Å². The second-order valence-electron chi connectivity index (χ2n) is 11.2. The summed E-state index contributed by atoms with van der Waals surface area (Å²) in [6, 6.07) is 14.8. The van der Waals surface area contributed by atoms with Gasteiger partial charge in [-0.25, -0.2) is 9.59 Å². The van der Waals surface area contributed by atoms with Gasteiger partial charge in [-0.2, -0.15) is 0 Å². The summed E-state index contributed by atoms with van der Waals surface area (Å²) in [5.74, 6) is -0.989. The summed E-state index contributed by atoms with van der Waals surface area (Å²) in [5, 5.41) is 12.3. The van der Waals surface area contributed by atoms with Gasteiger partial charge in [0, 0.05) is 12.0 Å². The number of nitrogens with zero attached hydrogens (tertiary/aromatic N) is 1. The summed E-state index contributed by atoms with van der Waals surface area (Å²) >= 11 is 12.1. The number of hydrogen-bond donors (Lipinski definition) is 1. The van der Waals surface area contributed by atoms with Gasteiger partial charge >= 0.3 is 12.1 Å². The van der Waals surface area contributed by atoms with Gasteiger partial charge in [0.1, 0.15) is 24.0 Å². The first-order valence-electron chi connectivity index (χ1n) is 13.3. The number of carbonyl (C=O) groups excluding carboxylic acids is 2. The van der Waals surface area contributed by atoms with Crippen LogP contribution >= 0.6 is 23.2 Å². The molecule has 2 unspecified atom stereocenters. The number of esters is 1. The predicted octanol–water partition coefficient (Wildman–Crippen LogP) is 6.02. The van der Waals surface area contributed by atoms with E-state index in [9.17, 15) is 14.7 Å². The molecule has 0 aliphatic carbocycles. The minimum atomic E-state index is -1.77. The second kappa shape index (κ2) is 11.6. The topological polar surface area (TPSA) is 104 Å². The number of methoxy groups -OCH3 is 1. The van der Waals surface area contributed by atoms with E-state index in [-0.39, 0.29) is 26.2 Å². The first-order chi connectivity index (χ1) is 19.8. The molecule has 42 heavy (non-hydrogen) atoms. The lowest BCUT2D eigenvalue weighted by Gasteiger charge is -2.38. The van der Waals surface area contributed by atoms with Gasteiger partial charge in [-0.15, -0.1) is 0 Å². The molecule has 3 aromatic carbocycles. The molecule has 0 saturated heterocycles. The van der Waals surface area contributed by atoms with Crippen LogP contribution in [0.15, 0.2) is 54.6 Å². The highest BCUT2D eigenvalue weighted by Gasteiger charge is 2.41. The number of carbonyl (C=O) groups is 2. The largest absolute Gasteiger partial charge is 0.489 e. The van der Waals surface area contributed by atoms with Crippen molar-refractivity contribution in [2.45, 2.75) is 57.8 Å². The second-order valence-corrected chi connectivity index (χ2v) is 12.0. The molecule has 2 atom stereocenters. The Morgan fingerprint density at radius 2 is 1.74 bits per heavy atom. The molecule has 1 N–H and O–H groups in total. The van der Waals surface area contributed by atoms with Crippen molar-refractivity contribution in [3.63, 3.8) is 0 Å². The summed E-state index contributed by atoms with van der Waals surface area (Å²) in [6.45, 7) is 5.48. The Bertz CT molecular complexity index is 1500. The Morgan fingerprint density at radius 1 is 1.02 bits per heavy atom. The van der Waals surface area contributed by atoms with Gasteiger partial charge in [0.25, 0.3) is 5.79 Å². The summed E-state index contributed by atoms with van der Waals surface area (Å²) in [7, 11) is 1.28. The van der Waals surface area contributed by atoms with E-state index in [1.54, 1.807) is 69.3 Å². The molecular formula is C31H31Cl2NO8. The van der Waals surface area contributed by atoms with Crippen molar-refractivity contribution in [1.82, 2.24) is 4.90 Å². The fraction of sp³-hybridized carbons (Fsp3) is 0.355. The van der Waals surface area contributed by atoms with E-state index in [2.05, 4.69) is 0 Å². The molecule has 0 bridgehead atoms. The van der Waals surface area contributed by atoms with Crippen molar-refractivity contribution in [1.29, 1.82) is 0 Å². The third-order valence-corrected chi connectivity index (χ3v) is 7.63. The molecule has 2 heterocycles. The minimum Gasteiger partial charge on any atom is -0.489 e. The number of rotatable bonds is 5. The quantitative estimate of drug-likeness (QED) is 0.347. The Balaban J connectivity index is 1.32. The zero-order valence-electron chi connectivity index (χ0n) is 23.6. The van der Waals surface area contributed by atoms with Crippen molar-refractivity contribution in [3.8, 4) is 17.2 Å². The molecular weight excluding hydrogens is 585 g/mol. The molecule has 3 aromatic rings. The fourth-order valence-electron chi connectivity index (χ4n) is 4.78. The van der Waals surface area contributed by atoms with Crippen molar-refractivity contribution >= 4 is 35.3 Å². The Hall–Kier alpha value is -3.66. The Kier molecular flexibility index (Phi) is 8.20. The lowest BCUT2D eigenvalue weighted by atomic mass is 9.93. The maximum Gasteiger partial charge on any atom is 0.411 e. The van der Waals surface area contributed by atoms with Gasteiger partial charge in [0.05, 0.1) is 23.7 Å². The van der Waals surface area contributed by atoms with E-state index in [0.717, 1.165) is 16.7 Å². The number of amides is 1. The van der Waals surface area contributed by atoms with Crippen molar-refractivity contribution < 1.29 is 38.4 Å². The molecule has 222 valence electrons. The highest BCUT2D eigenvalue weighted by Crippen LogP contribution is 2.42. The summed E-state index contributed by atoms with van der Waals surface area (Å²) in [4.78, 5) is 26.9. The maximum absolute atomic E-state index is 13.0. The van der Waals surface area contributed by atoms with Crippen LogP contribution in [0.4, 0.5) is 4.79 Å². The maximum atomic E-state index is 13.0. The van der Waals surface area contributed by atoms with Gasteiger partial charge < -0.3 is 28.8 Å². The summed E-state index contributed by atoms with van der Waals surface area (Å²) in [6.07, 6.45) is -0.414. The highest BCUT2D eigenvalue weighted by molar-refractivity contribution is 6.42. The van der Waals surface area contributed by atoms with Crippen LogP contribution in [0, 0.1) is 0 Å². The van der Waals surface area contributed by atoms with Crippen LogP contribution < -0.4 is 14.2 Å². The van der Waals surface area contributed by atoms with E-state index >= 15 is 0 Å². The lowest BCUT2D eigenvalue weighted by Crippen LogP contribution is -2.50. The van der Waals surface area contributed by atoms with E-state index in [0.29, 0.717) is 32.9 Å². The van der Waals surface area contributed by atoms with Gasteiger partial charge in [-0.1, -0.05) is 29.3 Å². The molecule has 2 aliphatic heterocycles. The average Bonchev–Trinajstić information content (AvgIpc) is 2.95. The molecule has 0 saturated carbocycles. The average molecular weight is 616 g/mol. The normalized spacial score (nSPS) is 19.5. The Morgan fingerprint density at radius 3 is 2.40 bits per heavy atom. The third kappa shape index (κ3) is 6.38. The predicted molar refractivity (Wildman–Crippen MR) is 155 cm³/mol. The Labute approximate surface area is 253 Å². The van der Waals surface area contributed by atoms with Gasteiger partial charge in [-0.05, 0) is 86.0 Å². The minimum absolute atomic E-state index is 0.0873. The molecule has 2 aliphatic rings. The fourth-order valence-corrected chi connectivity index (χ4v) is 5.10. The standard InChI is InChI=1S/C31H31Cl2NO8/c1-30(2,3)42-29(36)34-15-20-14-27-26(13-19(20)12-25(34)28(35)38-4)40-17-31(37,41-27)21-6-8-22(9-7-21)39-16-18-5-10-23(32)24(33)11-18/h5-11,13-14,25,37H,12,15-17H2,1-4H3. The first kappa shape index (κ1) is 29.8. The first-order valence-corrected chi connectivity index (χ1v) is 14.1. The molecule has 9 nitrogen and oxygen atoms in total. The van der Waals surface area contributed by atoms with E-state index in [1.165, 1.54) is 12.0 Å². The zero-order valence-corrected chi connectivity index (χ0v) is 25.1. The van der Waals surface area contributed by atoms with Crippen molar-refractivity contribution in [2.75, 3.05) is 13.7 Å². The monoisotopic (exact) mass is 615 g/mol. The molecule has 11 heteroatoms. The van der Waals surface area contributed by atoms with E-state index in [4.69, 9.17) is 46.9 Å². The van der Waals surface area contributed by atoms with Crippen molar-refractivity contribution in [3.05, 3.63) is 86.9 Å². The van der Waals surface area contributed by atoms with E-state index in [1.807, 2.05) is 6.07 Å². The third-order valence-electron chi connectivity index (χ3n) is 6.89. The van der Waals surface area contributed by atoms with Crippen LogP contribution in [0.3, 0.4) is 0 Å². The summed E-state index contributed by atoms with van der Waals surface area (Å²) < 4.78 is 28.4. The summed E-state index contributed by atoms with van der Waals surface area (Å²) in [5.41, 5.74) is 2.12. The zero-order chi connectivity index (χ0) is 30.2. The SMILES string of the molecule is COC(=O)C1Cc2cc3c(cc2CN1C(=O)OC(C)(C)C)OC(O)(c1ccc(OCc2ccc(Cl)c(Cl)c2)cc1)CO3. The molecule has 1 amide bonds. The lowest BCUT2D eigenvalue weighted by molar-refractivity contribution is -0.182. The van der Waals surface area contributed by atoms with Crippen LogP contribution in [0.2, 0.25) is 10.0 Å². The van der Waals surface area contributed by atoms with Gasteiger partial charge in [0.2, 0.25) is 0 Å². The molecule has 5 rings (SSSR count). The number of halogens is 2. The number of aliphatic hydroxyl groups is 1. The van der Waals surface area contributed by atoms with Crippen LogP contribution in [0.5, 0.6) is 17.2 Å². The van der Waals surface area contributed by atoms with Gasteiger partial charge in [0.15, 0.2) is 18.1 Å². The van der Waals surface area contributed by atoms with E-state index < -0.39 is 29.5 Å². The number of hydrogen-bond acceptors (Lipinski definition) is 8. The smallest absolute Gasteiger partial charge is 0.411 e. The van der Waals surface area contributed by atoms with Crippen LogP contribution in [-0.4, -0.2) is 47.4 Å². The molecule has 0 spiro atoms. The number of benzene rings is 3. The van der Waals surface area contributed by atoms with Crippen LogP contribution in [-0.2, 0) is 39.6 Å². The molecule has 0 aromatic heterocycles. The van der Waals surface area contributed by atoms with Crippen LogP contribution in [0.25, 0.3) is 0 Å². The number of fused-ring (bicyclic) bond motifs is 2. The molecule has 0 fully saturated rings. The van der Waals surface area contributed by atoms with Gasteiger partial charge in [-0.3, -0.25) is 4.90 Å². The van der Waals surface area contributed by atoms with Crippen LogP contribution in [0.1, 0.15) is 43.0 Å².